The maximum absolute atomic E-state index is 10.8. The van der Waals surface area contributed by atoms with Crippen molar-refractivity contribution >= 4 is 5.97 Å². The van der Waals surface area contributed by atoms with Gasteiger partial charge in [0.05, 0.1) is 12.5 Å². The van der Waals surface area contributed by atoms with E-state index in [-0.39, 0.29) is 6.54 Å². The Balaban J connectivity index is 2.93. The summed E-state index contributed by atoms with van der Waals surface area (Å²) in [6, 6.07) is 0. The summed E-state index contributed by atoms with van der Waals surface area (Å²) in [6.07, 6.45) is 7.38. The van der Waals surface area contributed by atoms with Gasteiger partial charge in [0.1, 0.15) is 18.4 Å². The molecule has 4 nitrogen and oxygen atoms in total. The van der Waals surface area contributed by atoms with Gasteiger partial charge in [0.2, 0.25) is 0 Å². The molecule has 0 fully saturated rings. The van der Waals surface area contributed by atoms with E-state index in [1.165, 1.54) is 12.8 Å². The van der Waals surface area contributed by atoms with Crippen molar-refractivity contribution in [2.45, 2.75) is 66.0 Å². The van der Waals surface area contributed by atoms with Crippen LogP contribution in [0.5, 0.6) is 0 Å². The molecule has 1 heterocycles. The summed E-state index contributed by atoms with van der Waals surface area (Å²) in [6.45, 7) is 7.25. The summed E-state index contributed by atoms with van der Waals surface area (Å²) in [4.78, 5) is 10.8. The number of carboxylic acid groups (broad SMARTS) is 1. The van der Waals surface area contributed by atoms with Gasteiger partial charge in [0, 0.05) is 13.3 Å². The second-order valence-electron chi connectivity index (χ2n) is 4.80. The van der Waals surface area contributed by atoms with Crippen molar-refractivity contribution in [3.05, 3.63) is 17.7 Å². The minimum atomic E-state index is -1.02. The number of aromatic nitrogens is 2. The minimum Gasteiger partial charge on any atom is -0.546 e. The number of carbonyl (C=O) groups is 1. The first-order valence-electron chi connectivity index (χ1n) is 6.88. The van der Waals surface area contributed by atoms with Crippen molar-refractivity contribution in [3.8, 4) is 0 Å². The van der Waals surface area contributed by atoms with Gasteiger partial charge >= 0.3 is 0 Å². The van der Waals surface area contributed by atoms with E-state index in [0.29, 0.717) is 0 Å². The molecule has 4 heteroatoms. The average Bonchev–Trinajstić information content (AvgIpc) is 2.57. The number of aliphatic carboxylic acids is 1. The standard InChI is InChI=1S/C14H24N2O2/c1-4-6-7-8-13-15(11-14(17)18)10-12(3)16(13)9-5-2/h10H,4-9,11H2,1-3H3. The first kappa shape index (κ1) is 14.7. The van der Waals surface area contributed by atoms with Gasteiger partial charge in [-0.05, 0) is 12.8 Å². The van der Waals surface area contributed by atoms with Crippen LogP contribution in [0, 0.1) is 6.92 Å². The third kappa shape index (κ3) is 3.86. The summed E-state index contributed by atoms with van der Waals surface area (Å²) < 4.78 is 4.06. The first-order valence-corrected chi connectivity index (χ1v) is 6.88. The van der Waals surface area contributed by atoms with E-state index in [0.717, 1.165) is 37.3 Å². The van der Waals surface area contributed by atoms with Crippen LogP contribution in [-0.4, -0.2) is 10.5 Å². The number of unbranched alkanes of at least 4 members (excludes halogenated alkanes) is 2. The molecule has 0 N–H and O–H groups in total. The molecule has 0 aromatic carbocycles. The molecule has 1 rings (SSSR count). The number of nitrogens with zero attached hydrogens (tertiary/aromatic N) is 2. The number of rotatable bonds is 8. The monoisotopic (exact) mass is 252 g/mol. The largest absolute Gasteiger partial charge is 0.546 e. The molecule has 0 aliphatic rings. The Kier molecular flexibility index (Phi) is 5.89. The lowest BCUT2D eigenvalue weighted by atomic mass is 10.2. The van der Waals surface area contributed by atoms with Crippen LogP contribution in [0.4, 0.5) is 0 Å². The second kappa shape index (κ2) is 7.19. The van der Waals surface area contributed by atoms with Gasteiger partial charge in [-0.3, -0.25) is 0 Å². The van der Waals surface area contributed by atoms with Crippen LogP contribution in [0.3, 0.4) is 0 Å². The van der Waals surface area contributed by atoms with Crippen molar-refractivity contribution < 1.29 is 14.5 Å². The number of carbonyl (C=O) groups excluding carboxylic acids is 1. The third-order valence-corrected chi connectivity index (χ3v) is 3.16. The summed E-state index contributed by atoms with van der Waals surface area (Å²) in [7, 11) is 0. The molecule has 0 amide bonds. The highest BCUT2D eigenvalue weighted by Gasteiger charge is 2.19. The molecular weight excluding hydrogens is 228 g/mol. The molecule has 1 aromatic heterocycles. The molecule has 0 radical (unpaired) electrons. The van der Waals surface area contributed by atoms with Gasteiger partial charge in [-0.1, -0.05) is 26.7 Å². The Morgan fingerprint density at radius 1 is 1.33 bits per heavy atom. The molecule has 0 aliphatic carbocycles. The van der Waals surface area contributed by atoms with E-state index in [2.05, 4.69) is 18.4 Å². The molecule has 0 atom stereocenters. The number of hydrogen-bond donors (Lipinski definition) is 0. The van der Waals surface area contributed by atoms with E-state index in [1.807, 2.05) is 17.7 Å². The first-order chi connectivity index (χ1) is 8.60. The highest BCUT2D eigenvalue weighted by atomic mass is 16.4. The smallest absolute Gasteiger partial charge is 0.256 e. The zero-order valence-electron chi connectivity index (χ0n) is 11.7. The van der Waals surface area contributed by atoms with Crippen LogP contribution < -0.4 is 9.67 Å². The van der Waals surface area contributed by atoms with Crippen molar-refractivity contribution in [2.75, 3.05) is 0 Å². The van der Waals surface area contributed by atoms with Gasteiger partial charge in [-0.25, -0.2) is 9.13 Å². The zero-order valence-corrected chi connectivity index (χ0v) is 11.7. The normalized spacial score (nSPS) is 10.8. The average molecular weight is 252 g/mol. The fourth-order valence-electron chi connectivity index (χ4n) is 2.35. The van der Waals surface area contributed by atoms with Gasteiger partial charge in [-0.15, -0.1) is 0 Å². The fourth-order valence-corrected chi connectivity index (χ4v) is 2.35. The van der Waals surface area contributed by atoms with Crippen LogP contribution in [0.2, 0.25) is 0 Å². The zero-order chi connectivity index (χ0) is 13.5. The molecule has 0 unspecified atom stereocenters. The maximum Gasteiger partial charge on any atom is 0.256 e. The highest BCUT2D eigenvalue weighted by molar-refractivity contribution is 5.62. The van der Waals surface area contributed by atoms with Gasteiger partial charge in [0.15, 0.2) is 0 Å². The van der Waals surface area contributed by atoms with Gasteiger partial charge in [-0.2, -0.15) is 0 Å². The van der Waals surface area contributed by atoms with Crippen molar-refractivity contribution in [3.63, 3.8) is 0 Å². The number of aryl methyl sites for hydroxylation is 1. The second-order valence-corrected chi connectivity index (χ2v) is 4.80. The molecule has 1 aromatic rings. The van der Waals surface area contributed by atoms with Gasteiger partial charge in [0.25, 0.3) is 5.82 Å². The highest BCUT2D eigenvalue weighted by Crippen LogP contribution is 2.08. The van der Waals surface area contributed by atoms with Crippen molar-refractivity contribution in [1.29, 1.82) is 0 Å². The third-order valence-electron chi connectivity index (χ3n) is 3.16. The number of hydrogen-bond acceptors (Lipinski definition) is 2. The van der Waals surface area contributed by atoms with Crippen LogP contribution in [0.25, 0.3) is 0 Å². The predicted octanol–water partition coefficient (Wildman–Crippen LogP) is 0.977. The SMILES string of the molecule is CCCCCc1n(CCC)c(C)c[n+]1CC(=O)[O-]. The topological polar surface area (TPSA) is 48.9 Å². The minimum absolute atomic E-state index is 0.0426. The Hall–Kier alpha value is -1.32. The lowest BCUT2D eigenvalue weighted by Crippen LogP contribution is -2.45. The molecular formula is C14H24N2O2. The maximum atomic E-state index is 10.8. The van der Waals surface area contributed by atoms with Crippen LogP contribution >= 0.6 is 0 Å². The van der Waals surface area contributed by atoms with Crippen molar-refractivity contribution in [2.24, 2.45) is 0 Å². The Labute approximate surface area is 109 Å². The summed E-state index contributed by atoms with van der Waals surface area (Å²) in [5.74, 6) is 0.0948. The molecule has 0 bridgehead atoms. The Morgan fingerprint density at radius 3 is 2.61 bits per heavy atom. The van der Waals surface area contributed by atoms with E-state index < -0.39 is 5.97 Å². The number of carboxylic acids is 1. The summed E-state index contributed by atoms with van der Waals surface area (Å²) in [5.41, 5.74) is 1.13. The van der Waals surface area contributed by atoms with Gasteiger partial charge < -0.3 is 9.90 Å². The molecule has 18 heavy (non-hydrogen) atoms. The predicted molar refractivity (Wildman–Crippen MR) is 67.9 cm³/mol. The molecule has 0 spiro atoms. The Bertz CT molecular complexity index is 397. The number of imidazole rings is 1. The lowest BCUT2D eigenvalue weighted by molar-refractivity contribution is -0.697. The van der Waals surface area contributed by atoms with E-state index in [1.54, 1.807) is 0 Å². The van der Waals surface area contributed by atoms with Crippen LogP contribution in [0.1, 0.15) is 51.0 Å². The van der Waals surface area contributed by atoms with Crippen molar-refractivity contribution in [1.82, 2.24) is 4.57 Å². The van der Waals surface area contributed by atoms with E-state index in [9.17, 15) is 9.90 Å². The molecule has 0 saturated carbocycles. The summed E-state index contributed by atoms with van der Waals surface area (Å²) in [5, 5.41) is 10.8. The fraction of sp³-hybridized carbons (Fsp3) is 0.714. The Morgan fingerprint density at radius 2 is 2.06 bits per heavy atom. The molecule has 102 valence electrons. The van der Waals surface area contributed by atoms with E-state index in [4.69, 9.17) is 0 Å². The van der Waals surface area contributed by atoms with Crippen LogP contribution in [-0.2, 0) is 24.3 Å². The quantitative estimate of drug-likeness (QED) is 0.511. The molecule has 0 saturated heterocycles. The van der Waals surface area contributed by atoms with Crippen LogP contribution in [0.15, 0.2) is 6.20 Å². The summed E-state index contributed by atoms with van der Waals surface area (Å²) >= 11 is 0. The molecule has 0 aliphatic heterocycles. The van der Waals surface area contributed by atoms with E-state index >= 15 is 0 Å². The lowest BCUT2D eigenvalue weighted by Gasteiger charge is -2.05.